The summed E-state index contributed by atoms with van der Waals surface area (Å²) >= 11 is 0. The number of sulfonamides is 1. The van der Waals surface area contributed by atoms with Crippen molar-refractivity contribution >= 4 is 22.0 Å². The Bertz CT molecular complexity index is 604. The van der Waals surface area contributed by atoms with Crippen LogP contribution >= 0.6 is 0 Å². The first-order valence-corrected chi connectivity index (χ1v) is 8.21. The summed E-state index contributed by atoms with van der Waals surface area (Å²) in [4.78, 5) is 13.7. The Balaban J connectivity index is 2.76. The fraction of sp³-hybridized carbons (Fsp3) is 0.400. The number of nitrogens with one attached hydrogen (secondary N) is 1. The molecule has 0 spiro atoms. The Hall–Kier alpha value is -1.66. The number of benzene rings is 1. The predicted molar refractivity (Wildman–Crippen MR) is 84.2 cm³/mol. The standard InChI is InChI=1S/C15H22N2O3S/c1-12(2)11-17(4)15(18)10-7-13-5-8-14(9-6-13)21(19,20)16-3/h5-10,12,16H,11H2,1-4H3/b10-7-. The molecule has 0 aliphatic carbocycles. The van der Waals surface area contributed by atoms with Crippen molar-refractivity contribution in [3.8, 4) is 0 Å². The van der Waals surface area contributed by atoms with Gasteiger partial charge in [0.25, 0.3) is 0 Å². The Morgan fingerprint density at radius 1 is 1.29 bits per heavy atom. The minimum Gasteiger partial charge on any atom is -0.342 e. The van der Waals surface area contributed by atoms with Crippen molar-refractivity contribution in [2.24, 2.45) is 5.92 Å². The van der Waals surface area contributed by atoms with Crippen molar-refractivity contribution in [1.82, 2.24) is 9.62 Å². The highest BCUT2D eigenvalue weighted by atomic mass is 32.2. The number of nitrogens with zero attached hydrogens (tertiary/aromatic N) is 1. The highest BCUT2D eigenvalue weighted by Gasteiger charge is 2.10. The van der Waals surface area contributed by atoms with Gasteiger partial charge in [-0.3, -0.25) is 4.79 Å². The first-order chi connectivity index (χ1) is 9.76. The summed E-state index contributed by atoms with van der Waals surface area (Å²) in [6.07, 6.45) is 3.17. The lowest BCUT2D eigenvalue weighted by Gasteiger charge is -2.17. The summed E-state index contributed by atoms with van der Waals surface area (Å²) in [6.45, 7) is 4.80. The molecule has 0 aliphatic rings. The minimum atomic E-state index is -3.42. The monoisotopic (exact) mass is 310 g/mol. The average Bonchev–Trinajstić information content (AvgIpc) is 2.44. The summed E-state index contributed by atoms with van der Waals surface area (Å²) in [5.74, 6) is 0.342. The number of likely N-dealkylation sites (N-methyl/N-ethyl adjacent to an activating group) is 1. The van der Waals surface area contributed by atoms with Crippen LogP contribution in [0.5, 0.6) is 0 Å². The first-order valence-electron chi connectivity index (χ1n) is 6.73. The Kier molecular flexibility index (Phi) is 6.11. The molecule has 1 rings (SSSR count). The van der Waals surface area contributed by atoms with E-state index in [9.17, 15) is 13.2 Å². The van der Waals surface area contributed by atoms with Gasteiger partial charge in [-0.25, -0.2) is 13.1 Å². The number of carbonyl (C=O) groups is 1. The highest BCUT2D eigenvalue weighted by molar-refractivity contribution is 7.89. The van der Waals surface area contributed by atoms with Crippen LogP contribution < -0.4 is 4.72 Å². The molecule has 21 heavy (non-hydrogen) atoms. The molecule has 0 fully saturated rings. The maximum Gasteiger partial charge on any atom is 0.246 e. The topological polar surface area (TPSA) is 66.5 Å². The summed E-state index contributed by atoms with van der Waals surface area (Å²) in [5.41, 5.74) is 0.774. The molecule has 116 valence electrons. The van der Waals surface area contributed by atoms with Gasteiger partial charge in [0.2, 0.25) is 15.9 Å². The zero-order chi connectivity index (χ0) is 16.0. The summed E-state index contributed by atoms with van der Waals surface area (Å²) < 4.78 is 25.4. The number of hydrogen-bond acceptors (Lipinski definition) is 3. The molecular formula is C15H22N2O3S. The fourth-order valence-corrected chi connectivity index (χ4v) is 2.54. The molecule has 1 amide bonds. The van der Waals surface area contributed by atoms with E-state index in [0.29, 0.717) is 12.5 Å². The van der Waals surface area contributed by atoms with Crippen LogP contribution in [0.2, 0.25) is 0 Å². The molecule has 0 bridgehead atoms. The average molecular weight is 310 g/mol. The highest BCUT2D eigenvalue weighted by Crippen LogP contribution is 2.11. The van der Waals surface area contributed by atoms with Crippen LogP contribution in [-0.2, 0) is 14.8 Å². The molecule has 6 heteroatoms. The van der Waals surface area contributed by atoms with Crippen LogP contribution in [0.15, 0.2) is 35.2 Å². The Morgan fingerprint density at radius 2 is 1.86 bits per heavy atom. The molecule has 0 unspecified atom stereocenters. The van der Waals surface area contributed by atoms with E-state index in [1.54, 1.807) is 30.2 Å². The normalized spacial score (nSPS) is 12.0. The fourth-order valence-electron chi connectivity index (χ4n) is 1.81. The maximum atomic E-state index is 11.9. The van der Waals surface area contributed by atoms with Gasteiger partial charge >= 0.3 is 0 Å². The van der Waals surface area contributed by atoms with Crippen molar-refractivity contribution in [3.63, 3.8) is 0 Å². The van der Waals surface area contributed by atoms with E-state index < -0.39 is 10.0 Å². The SMILES string of the molecule is CNS(=O)(=O)c1ccc(/C=C\C(=O)N(C)CC(C)C)cc1. The zero-order valence-corrected chi connectivity index (χ0v) is 13.6. The van der Waals surface area contributed by atoms with Gasteiger partial charge in [0.05, 0.1) is 4.90 Å². The van der Waals surface area contributed by atoms with Crippen molar-refractivity contribution in [1.29, 1.82) is 0 Å². The molecule has 1 aromatic rings. The molecule has 0 aliphatic heterocycles. The van der Waals surface area contributed by atoms with E-state index in [2.05, 4.69) is 18.6 Å². The quantitative estimate of drug-likeness (QED) is 0.814. The number of hydrogen-bond donors (Lipinski definition) is 1. The summed E-state index contributed by atoms with van der Waals surface area (Å²) in [7, 11) is -0.296. The second kappa shape index (κ2) is 7.38. The molecule has 0 saturated carbocycles. The molecule has 0 saturated heterocycles. The Morgan fingerprint density at radius 3 is 2.33 bits per heavy atom. The molecule has 1 aromatic carbocycles. The first kappa shape index (κ1) is 17.4. The second-order valence-electron chi connectivity index (χ2n) is 5.22. The van der Waals surface area contributed by atoms with Crippen molar-refractivity contribution < 1.29 is 13.2 Å². The minimum absolute atomic E-state index is 0.0735. The summed E-state index contributed by atoms with van der Waals surface area (Å²) in [5, 5.41) is 0. The van der Waals surface area contributed by atoms with Crippen LogP contribution in [-0.4, -0.2) is 39.9 Å². The number of carbonyl (C=O) groups excluding carboxylic acids is 1. The van der Waals surface area contributed by atoms with Crippen LogP contribution in [0, 0.1) is 5.92 Å². The van der Waals surface area contributed by atoms with Crippen LogP contribution in [0.1, 0.15) is 19.4 Å². The van der Waals surface area contributed by atoms with Gasteiger partial charge in [0, 0.05) is 19.7 Å². The third-order valence-corrected chi connectivity index (χ3v) is 4.32. The number of amides is 1. The van der Waals surface area contributed by atoms with Gasteiger partial charge in [-0.2, -0.15) is 0 Å². The molecule has 0 aromatic heterocycles. The lowest BCUT2D eigenvalue weighted by atomic mass is 10.2. The van der Waals surface area contributed by atoms with Crippen molar-refractivity contribution in [2.75, 3.05) is 20.6 Å². The Labute approximate surface area is 126 Å². The van der Waals surface area contributed by atoms with Gasteiger partial charge in [-0.05, 0) is 36.7 Å². The maximum absolute atomic E-state index is 11.9. The third-order valence-electron chi connectivity index (χ3n) is 2.89. The van der Waals surface area contributed by atoms with E-state index in [0.717, 1.165) is 5.56 Å². The molecule has 0 heterocycles. The molecular weight excluding hydrogens is 288 g/mol. The molecule has 0 radical (unpaired) electrons. The largest absolute Gasteiger partial charge is 0.342 e. The smallest absolute Gasteiger partial charge is 0.246 e. The van der Waals surface area contributed by atoms with E-state index in [-0.39, 0.29) is 10.8 Å². The lowest BCUT2D eigenvalue weighted by Crippen LogP contribution is -2.28. The van der Waals surface area contributed by atoms with E-state index >= 15 is 0 Å². The van der Waals surface area contributed by atoms with Crippen LogP contribution in [0.3, 0.4) is 0 Å². The molecule has 1 N–H and O–H groups in total. The molecule has 5 nitrogen and oxygen atoms in total. The van der Waals surface area contributed by atoms with Crippen LogP contribution in [0.4, 0.5) is 0 Å². The van der Waals surface area contributed by atoms with Gasteiger partial charge in [0.1, 0.15) is 0 Å². The zero-order valence-electron chi connectivity index (χ0n) is 12.8. The van der Waals surface area contributed by atoms with Gasteiger partial charge in [0.15, 0.2) is 0 Å². The third kappa shape index (κ3) is 5.32. The van der Waals surface area contributed by atoms with Gasteiger partial charge in [-0.1, -0.05) is 26.0 Å². The van der Waals surface area contributed by atoms with Crippen molar-refractivity contribution in [3.05, 3.63) is 35.9 Å². The predicted octanol–water partition coefficient (Wildman–Crippen LogP) is 1.72. The van der Waals surface area contributed by atoms with Gasteiger partial charge < -0.3 is 4.90 Å². The second-order valence-corrected chi connectivity index (χ2v) is 7.11. The number of rotatable bonds is 6. The van der Waals surface area contributed by atoms with Crippen LogP contribution in [0.25, 0.3) is 6.08 Å². The van der Waals surface area contributed by atoms with Gasteiger partial charge in [-0.15, -0.1) is 0 Å². The van der Waals surface area contributed by atoms with E-state index in [1.165, 1.54) is 25.3 Å². The van der Waals surface area contributed by atoms with E-state index in [1.807, 2.05) is 0 Å². The molecule has 0 atom stereocenters. The lowest BCUT2D eigenvalue weighted by molar-refractivity contribution is -0.125. The van der Waals surface area contributed by atoms with Crippen molar-refractivity contribution in [2.45, 2.75) is 18.7 Å². The van der Waals surface area contributed by atoms with E-state index in [4.69, 9.17) is 0 Å². The summed E-state index contributed by atoms with van der Waals surface area (Å²) in [6, 6.07) is 6.34.